The first-order chi connectivity index (χ1) is 13.4. The van der Waals surface area contributed by atoms with E-state index in [9.17, 15) is 25.2 Å². The minimum Gasteiger partial charge on any atom is -0.508 e. The minimum absolute atomic E-state index is 0.0339. The summed E-state index contributed by atoms with van der Waals surface area (Å²) in [6, 6.07) is 6.21. The fourth-order valence-corrected chi connectivity index (χ4v) is 4.03. The van der Waals surface area contributed by atoms with E-state index in [0.717, 1.165) is 6.07 Å². The number of rotatable bonds is 3. The Bertz CT molecular complexity index is 1130. The van der Waals surface area contributed by atoms with Crippen molar-refractivity contribution in [2.75, 3.05) is 13.2 Å². The number of hydrogen-bond donors (Lipinski definition) is 5. The van der Waals surface area contributed by atoms with Crippen molar-refractivity contribution in [2.45, 2.75) is 18.4 Å². The summed E-state index contributed by atoms with van der Waals surface area (Å²) in [5, 5.41) is 43.5. The second-order valence-corrected chi connectivity index (χ2v) is 7.22. The molecule has 4 rings (SSSR count). The molecule has 2 unspecified atom stereocenters. The monoisotopic (exact) mass is 403 g/mol. The third-order valence-electron chi connectivity index (χ3n) is 5.13. The number of phenolic OH excluding ortho intramolecular Hbond substituents is 3. The maximum atomic E-state index is 12.7. The number of nitrogens with one attached hydrogen (secondary N) is 1. The van der Waals surface area contributed by atoms with Crippen molar-refractivity contribution in [3.63, 3.8) is 0 Å². The second-order valence-electron chi connectivity index (χ2n) is 6.81. The fraction of sp³-hybridized carbons (Fsp3) is 0.250. The van der Waals surface area contributed by atoms with Gasteiger partial charge in [0.05, 0.1) is 11.6 Å². The summed E-state index contributed by atoms with van der Waals surface area (Å²) in [5.41, 5.74) is 0.164. The maximum Gasteiger partial charge on any atom is 0.197 e. The average Bonchev–Trinajstić information content (AvgIpc) is 3.11. The normalized spacial score (nSPS) is 19.4. The summed E-state index contributed by atoms with van der Waals surface area (Å²) in [7, 11) is 0. The van der Waals surface area contributed by atoms with Gasteiger partial charge in [0.1, 0.15) is 34.0 Å². The van der Waals surface area contributed by atoms with Gasteiger partial charge in [0.25, 0.3) is 0 Å². The lowest BCUT2D eigenvalue weighted by Gasteiger charge is -2.20. The molecule has 2 heterocycles. The highest BCUT2D eigenvalue weighted by Crippen LogP contribution is 2.43. The summed E-state index contributed by atoms with van der Waals surface area (Å²) in [5.74, 6) is -0.895. The van der Waals surface area contributed by atoms with Crippen LogP contribution in [0.1, 0.15) is 17.9 Å². The largest absolute Gasteiger partial charge is 0.508 e. The van der Waals surface area contributed by atoms with Crippen LogP contribution < -0.4 is 10.7 Å². The number of aliphatic hydroxyl groups is 1. The van der Waals surface area contributed by atoms with Crippen molar-refractivity contribution in [3.8, 4) is 28.6 Å². The second kappa shape index (κ2) is 7.01. The van der Waals surface area contributed by atoms with Crippen molar-refractivity contribution in [3.05, 3.63) is 51.1 Å². The predicted octanol–water partition coefficient (Wildman–Crippen LogP) is 2.67. The summed E-state index contributed by atoms with van der Waals surface area (Å²) < 4.78 is 5.94. The molecule has 7 nitrogen and oxygen atoms in total. The van der Waals surface area contributed by atoms with Gasteiger partial charge in [-0.2, -0.15) is 0 Å². The molecule has 0 saturated carbocycles. The van der Waals surface area contributed by atoms with Crippen molar-refractivity contribution in [1.29, 1.82) is 0 Å². The first kappa shape index (κ1) is 18.6. The molecule has 0 aliphatic carbocycles. The third-order valence-corrected chi connectivity index (χ3v) is 5.46. The number of fused-ring (bicyclic) bond motifs is 1. The van der Waals surface area contributed by atoms with Crippen LogP contribution in [-0.2, 0) is 0 Å². The molecule has 0 amide bonds. The molecule has 0 radical (unpaired) electrons. The molecule has 0 spiro atoms. The van der Waals surface area contributed by atoms with E-state index in [-0.39, 0.29) is 51.8 Å². The third kappa shape index (κ3) is 2.97. The van der Waals surface area contributed by atoms with Crippen LogP contribution >= 0.6 is 11.6 Å². The molecule has 28 heavy (non-hydrogen) atoms. The number of aromatic hydroxyl groups is 3. The molecular formula is C20H18ClNO6. The van der Waals surface area contributed by atoms with Crippen LogP contribution in [0.5, 0.6) is 17.2 Å². The molecule has 1 fully saturated rings. The molecule has 146 valence electrons. The van der Waals surface area contributed by atoms with Crippen LogP contribution in [0.2, 0.25) is 5.02 Å². The van der Waals surface area contributed by atoms with E-state index in [4.69, 9.17) is 16.0 Å². The van der Waals surface area contributed by atoms with Gasteiger partial charge in [-0.25, -0.2) is 0 Å². The van der Waals surface area contributed by atoms with E-state index >= 15 is 0 Å². The summed E-state index contributed by atoms with van der Waals surface area (Å²) in [6.07, 6.45) is 0.611. The van der Waals surface area contributed by atoms with E-state index in [1.54, 1.807) is 0 Å². The van der Waals surface area contributed by atoms with Crippen molar-refractivity contribution < 1.29 is 24.8 Å². The van der Waals surface area contributed by atoms with E-state index < -0.39 is 11.2 Å². The molecular weight excluding hydrogens is 386 g/mol. The highest BCUT2D eigenvalue weighted by atomic mass is 35.5. The molecule has 1 aliphatic heterocycles. The average molecular weight is 404 g/mol. The number of hydrogen-bond acceptors (Lipinski definition) is 7. The Hall–Kier alpha value is -2.74. The van der Waals surface area contributed by atoms with Crippen LogP contribution in [0.25, 0.3) is 22.3 Å². The topological polar surface area (TPSA) is 123 Å². The van der Waals surface area contributed by atoms with Crippen LogP contribution in [0.15, 0.2) is 39.5 Å². The number of phenols is 3. The summed E-state index contributed by atoms with van der Waals surface area (Å²) in [4.78, 5) is 12.7. The lowest BCUT2D eigenvalue weighted by molar-refractivity contribution is 0.244. The van der Waals surface area contributed by atoms with Crippen molar-refractivity contribution in [1.82, 2.24) is 5.32 Å². The van der Waals surface area contributed by atoms with Gasteiger partial charge in [0.15, 0.2) is 5.43 Å². The number of aliphatic hydroxyl groups excluding tert-OH is 1. The lowest BCUT2D eigenvalue weighted by atomic mass is 9.89. The van der Waals surface area contributed by atoms with Gasteiger partial charge in [-0.3, -0.25) is 4.79 Å². The van der Waals surface area contributed by atoms with Crippen LogP contribution in [0.4, 0.5) is 0 Å². The van der Waals surface area contributed by atoms with E-state index in [1.165, 1.54) is 24.3 Å². The van der Waals surface area contributed by atoms with Gasteiger partial charge >= 0.3 is 0 Å². The molecule has 5 N–H and O–H groups in total. The quantitative estimate of drug-likeness (QED) is 0.455. The molecule has 1 saturated heterocycles. The molecule has 8 heteroatoms. The Balaban J connectivity index is 2.04. The predicted molar refractivity (Wildman–Crippen MR) is 104 cm³/mol. The molecule has 0 bridgehead atoms. The standard InChI is InChI=1S/C20H18ClNO6/c21-12-2-1-9(24)5-11(12)17-7-16(27)19-15(26)6-14(25)18(20(19)28-17)10-3-4-22-13(10)8-23/h1-2,5-7,10,13,22-26H,3-4,8H2. The molecule has 2 atom stereocenters. The zero-order chi connectivity index (χ0) is 20.0. The Morgan fingerprint density at radius 3 is 2.68 bits per heavy atom. The molecule has 3 aromatic rings. The summed E-state index contributed by atoms with van der Waals surface area (Å²) >= 11 is 6.19. The molecule has 1 aromatic heterocycles. The number of halogens is 1. The van der Waals surface area contributed by atoms with Gasteiger partial charge < -0.3 is 30.2 Å². The molecule has 2 aromatic carbocycles. The van der Waals surface area contributed by atoms with Crippen LogP contribution in [-0.4, -0.2) is 39.6 Å². The molecule has 1 aliphatic rings. The number of benzene rings is 2. The van der Waals surface area contributed by atoms with Crippen molar-refractivity contribution >= 4 is 22.6 Å². The van der Waals surface area contributed by atoms with E-state index in [0.29, 0.717) is 24.1 Å². The van der Waals surface area contributed by atoms with Crippen LogP contribution in [0.3, 0.4) is 0 Å². The zero-order valence-corrected chi connectivity index (χ0v) is 15.4. The Labute approximate surface area is 164 Å². The highest BCUT2D eigenvalue weighted by molar-refractivity contribution is 6.33. The Kier molecular flexibility index (Phi) is 4.66. The zero-order valence-electron chi connectivity index (χ0n) is 14.6. The fourth-order valence-electron chi connectivity index (χ4n) is 3.82. The van der Waals surface area contributed by atoms with Crippen molar-refractivity contribution in [2.24, 2.45) is 0 Å². The van der Waals surface area contributed by atoms with Gasteiger partial charge in [0.2, 0.25) is 0 Å². The first-order valence-corrected chi connectivity index (χ1v) is 9.14. The van der Waals surface area contributed by atoms with Gasteiger partial charge in [-0.1, -0.05) is 11.6 Å². The minimum atomic E-state index is -0.513. The van der Waals surface area contributed by atoms with Gasteiger partial charge in [0, 0.05) is 35.2 Å². The first-order valence-electron chi connectivity index (χ1n) is 8.76. The lowest BCUT2D eigenvalue weighted by Crippen LogP contribution is -2.29. The highest BCUT2D eigenvalue weighted by Gasteiger charge is 2.33. The SMILES string of the molecule is O=c1cc(-c2cc(O)ccc2Cl)oc2c(C3CCNC3CO)c(O)cc(O)c12. The Morgan fingerprint density at radius 2 is 1.93 bits per heavy atom. The van der Waals surface area contributed by atoms with E-state index in [2.05, 4.69) is 5.32 Å². The van der Waals surface area contributed by atoms with Gasteiger partial charge in [-0.15, -0.1) is 0 Å². The maximum absolute atomic E-state index is 12.7. The smallest absolute Gasteiger partial charge is 0.197 e. The van der Waals surface area contributed by atoms with Gasteiger partial charge in [-0.05, 0) is 31.2 Å². The van der Waals surface area contributed by atoms with Crippen LogP contribution in [0, 0.1) is 0 Å². The Morgan fingerprint density at radius 1 is 1.14 bits per heavy atom. The summed E-state index contributed by atoms with van der Waals surface area (Å²) in [6.45, 7) is 0.467. The van der Waals surface area contributed by atoms with E-state index in [1.807, 2.05) is 0 Å².